The Kier molecular flexibility index (Phi) is 5.58. The number of carbonyl (C=O) groups excluding carboxylic acids is 1. The van der Waals surface area contributed by atoms with Crippen LogP contribution in [0.1, 0.15) is 47.7 Å². The monoisotopic (exact) mass is 568 g/mol. The first-order chi connectivity index (χ1) is 19.7. The van der Waals surface area contributed by atoms with Crippen molar-refractivity contribution in [1.29, 1.82) is 0 Å². The van der Waals surface area contributed by atoms with Crippen LogP contribution < -0.4 is 15.4 Å². The summed E-state index contributed by atoms with van der Waals surface area (Å²) in [6.45, 7) is 4.13. The van der Waals surface area contributed by atoms with E-state index >= 15 is 0 Å². The van der Waals surface area contributed by atoms with E-state index < -0.39 is 11.8 Å². The van der Waals surface area contributed by atoms with Gasteiger partial charge in [0, 0.05) is 41.3 Å². The molecule has 11 heteroatoms. The Morgan fingerprint density at radius 2 is 1.85 bits per heavy atom. The normalized spacial score (nSPS) is 15.0. The number of nitrogens with zero attached hydrogens (tertiary/aromatic N) is 5. The molecule has 3 aromatic heterocycles. The van der Waals surface area contributed by atoms with Crippen LogP contribution in [-0.4, -0.2) is 37.3 Å². The first kappa shape index (κ1) is 25.2. The van der Waals surface area contributed by atoms with Gasteiger partial charge in [-0.2, -0.15) is 5.10 Å². The molecular formula is C30H25ClN6O4. The molecule has 6 aromatic rings. The number of aromatic nitrogens is 5. The summed E-state index contributed by atoms with van der Waals surface area (Å²) in [5.41, 5.74) is 5.14. The van der Waals surface area contributed by atoms with E-state index in [-0.39, 0.29) is 11.9 Å². The Bertz CT molecular complexity index is 2050. The van der Waals surface area contributed by atoms with Gasteiger partial charge < -0.3 is 13.7 Å². The van der Waals surface area contributed by atoms with E-state index in [2.05, 4.69) is 28.5 Å². The summed E-state index contributed by atoms with van der Waals surface area (Å²) in [5.74, 6) is 0.442. The molecule has 4 heterocycles. The lowest BCUT2D eigenvalue weighted by Gasteiger charge is -2.28. The largest absolute Gasteiger partial charge is 0.496 e. The fourth-order valence-electron chi connectivity index (χ4n) is 5.76. The lowest BCUT2D eigenvalue weighted by atomic mass is 10.0. The molecule has 1 amide bonds. The van der Waals surface area contributed by atoms with Gasteiger partial charge in [0.1, 0.15) is 17.6 Å². The van der Waals surface area contributed by atoms with Gasteiger partial charge in [-0.25, -0.2) is 9.78 Å². The summed E-state index contributed by atoms with van der Waals surface area (Å²) >= 11 is 6.25. The van der Waals surface area contributed by atoms with Crippen molar-refractivity contribution in [2.45, 2.75) is 25.9 Å². The number of methoxy groups -OCH3 is 1. The van der Waals surface area contributed by atoms with Crippen molar-refractivity contribution in [3.8, 4) is 17.1 Å². The molecule has 0 fully saturated rings. The molecule has 0 spiro atoms. The van der Waals surface area contributed by atoms with Crippen molar-refractivity contribution in [1.82, 2.24) is 24.3 Å². The number of oxazole rings is 1. The summed E-state index contributed by atoms with van der Waals surface area (Å²) < 4.78 is 15.0. The van der Waals surface area contributed by atoms with Gasteiger partial charge in [0.25, 0.3) is 5.91 Å². The minimum absolute atomic E-state index is 0.0525. The van der Waals surface area contributed by atoms with Crippen LogP contribution >= 0.6 is 11.6 Å². The van der Waals surface area contributed by atoms with Crippen LogP contribution in [0.15, 0.2) is 70.0 Å². The van der Waals surface area contributed by atoms with Crippen LogP contribution in [-0.2, 0) is 7.05 Å². The molecule has 1 N–H and O–H groups in total. The molecule has 10 nitrogen and oxygen atoms in total. The molecule has 3 aromatic carbocycles. The number of nitrogens with one attached hydrogen (secondary N) is 1. The molecule has 0 unspecified atom stereocenters. The standard InChI is InChI=1S/C30H25ClN6O4/c1-15(2)36-27-25(34-28(36)20-11-17-14-32-35(3)22(17)13-23(20)40-4)29(38)37(26(27)16-5-7-18(31)8-6-16)19-9-10-21-24(12-19)41-30(39)33-21/h5-15,26H,1-4H3,(H,33,39)/t26-/m0/s1. The summed E-state index contributed by atoms with van der Waals surface area (Å²) in [5, 5.41) is 5.91. The molecule has 0 radical (unpaired) electrons. The third kappa shape index (κ3) is 3.78. The van der Waals surface area contributed by atoms with E-state index in [1.165, 1.54) is 0 Å². The number of fused-ring (bicyclic) bond motifs is 3. The predicted molar refractivity (Wildman–Crippen MR) is 156 cm³/mol. The number of carbonyl (C=O) groups is 1. The molecule has 0 saturated heterocycles. The number of hydrogen-bond acceptors (Lipinski definition) is 6. The quantitative estimate of drug-likeness (QED) is 0.279. The summed E-state index contributed by atoms with van der Waals surface area (Å²) in [7, 11) is 3.50. The number of hydrogen-bond donors (Lipinski definition) is 1. The minimum Gasteiger partial charge on any atom is -0.496 e. The Hall–Kier alpha value is -4.83. The van der Waals surface area contributed by atoms with Crippen molar-refractivity contribution in [2.75, 3.05) is 12.0 Å². The summed E-state index contributed by atoms with van der Waals surface area (Å²) in [4.78, 5) is 35.4. The first-order valence-electron chi connectivity index (χ1n) is 13.1. The van der Waals surface area contributed by atoms with E-state index in [0.717, 1.165) is 27.7 Å². The van der Waals surface area contributed by atoms with E-state index in [4.69, 9.17) is 25.7 Å². The van der Waals surface area contributed by atoms with Crippen molar-refractivity contribution in [2.24, 2.45) is 7.05 Å². The number of anilines is 1. The molecule has 0 aliphatic carbocycles. The first-order valence-corrected chi connectivity index (χ1v) is 13.5. The zero-order valence-corrected chi connectivity index (χ0v) is 23.4. The number of benzene rings is 3. The molecule has 0 saturated carbocycles. The number of halogens is 1. The number of aromatic amines is 1. The molecule has 7 rings (SSSR count). The number of amides is 1. The highest BCUT2D eigenvalue weighted by atomic mass is 35.5. The van der Waals surface area contributed by atoms with Crippen LogP contribution in [0.25, 0.3) is 33.4 Å². The Morgan fingerprint density at radius 3 is 2.59 bits per heavy atom. The molecule has 41 heavy (non-hydrogen) atoms. The predicted octanol–water partition coefficient (Wildman–Crippen LogP) is 5.86. The van der Waals surface area contributed by atoms with Gasteiger partial charge in [0.2, 0.25) is 0 Å². The number of rotatable bonds is 5. The van der Waals surface area contributed by atoms with Gasteiger partial charge in [-0.1, -0.05) is 23.7 Å². The number of H-pyrrole nitrogens is 1. The lowest BCUT2D eigenvalue weighted by molar-refractivity contribution is 0.0989. The highest BCUT2D eigenvalue weighted by molar-refractivity contribution is 6.30. The van der Waals surface area contributed by atoms with Gasteiger partial charge in [-0.05, 0) is 49.7 Å². The van der Waals surface area contributed by atoms with Crippen LogP contribution in [0, 0.1) is 0 Å². The van der Waals surface area contributed by atoms with Gasteiger partial charge in [-0.15, -0.1) is 0 Å². The van der Waals surface area contributed by atoms with Gasteiger partial charge in [0.15, 0.2) is 11.3 Å². The maximum atomic E-state index is 14.3. The zero-order chi connectivity index (χ0) is 28.6. The average Bonchev–Trinajstić information content (AvgIpc) is 3.69. The van der Waals surface area contributed by atoms with Gasteiger partial charge in [0.05, 0.1) is 35.6 Å². The second-order valence-corrected chi connectivity index (χ2v) is 10.8. The SMILES string of the molecule is COc1cc2c(cnn2C)cc1-c1nc2c(n1C(C)C)[C@H](c1ccc(Cl)cc1)N(c1ccc3[nH]c(=O)oc3c1)C2=O. The van der Waals surface area contributed by atoms with Crippen LogP contribution in [0.5, 0.6) is 5.75 Å². The van der Waals surface area contributed by atoms with Gasteiger partial charge >= 0.3 is 5.76 Å². The van der Waals surface area contributed by atoms with E-state index in [1.807, 2.05) is 43.4 Å². The topological polar surface area (TPSA) is 111 Å². The highest BCUT2D eigenvalue weighted by Crippen LogP contribution is 2.46. The zero-order valence-electron chi connectivity index (χ0n) is 22.7. The third-order valence-electron chi connectivity index (χ3n) is 7.58. The molecule has 1 aliphatic rings. The molecule has 206 valence electrons. The number of ether oxygens (including phenoxy) is 1. The van der Waals surface area contributed by atoms with Crippen molar-refractivity contribution < 1.29 is 13.9 Å². The Balaban J connectivity index is 1.48. The molecule has 1 atom stereocenters. The van der Waals surface area contributed by atoms with Crippen molar-refractivity contribution >= 4 is 45.2 Å². The number of imidazole rings is 1. The van der Waals surface area contributed by atoms with Crippen molar-refractivity contribution in [3.05, 3.63) is 93.3 Å². The summed E-state index contributed by atoms with van der Waals surface area (Å²) in [6, 6.07) is 16.0. The van der Waals surface area contributed by atoms with E-state index in [1.54, 1.807) is 41.1 Å². The van der Waals surface area contributed by atoms with Gasteiger partial charge in [-0.3, -0.25) is 19.4 Å². The highest BCUT2D eigenvalue weighted by Gasteiger charge is 2.45. The van der Waals surface area contributed by atoms with Crippen LogP contribution in [0.4, 0.5) is 5.69 Å². The minimum atomic E-state index is -0.556. The molecule has 1 aliphatic heterocycles. The third-order valence-corrected chi connectivity index (χ3v) is 7.83. The fourth-order valence-corrected chi connectivity index (χ4v) is 5.88. The maximum absolute atomic E-state index is 14.3. The second-order valence-electron chi connectivity index (χ2n) is 10.3. The molecule has 0 bridgehead atoms. The molecular weight excluding hydrogens is 544 g/mol. The Labute approximate surface area is 238 Å². The lowest BCUT2D eigenvalue weighted by Crippen LogP contribution is -2.30. The maximum Gasteiger partial charge on any atom is 0.417 e. The van der Waals surface area contributed by atoms with E-state index in [0.29, 0.717) is 39.1 Å². The fraction of sp³-hybridized carbons (Fsp3) is 0.200. The smallest absolute Gasteiger partial charge is 0.417 e. The van der Waals surface area contributed by atoms with Crippen LogP contribution in [0.2, 0.25) is 5.02 Å². The Morgan fingerprint density at radius 1 is 1.07 bits per heavy atom. The second kappa shape index (κ2) is 9.10. The van der Waals surface area contributed by atoms with Crippen LogP contribution in [0.3, 0.4) is 0 Å². The van der Waals surface area contributed by atoms with E-state index in [9.17, 15) is 9.59 Å². The van der Waals surface area contributed by atoms with Crippen molar-refractivity contribution in [3.63, 3.8) is 0 Å². The number of aryl methyl sites for hydroxylation is 1. The average molecular weight is 569 g/mol. The summed E-state index contributed by atoms with van der Waals surface area (Å²) in [6.07, 6.45) is 1.80.